The number of ether oxygens (including phenoxy) is 1. The van der Waals surface area contributed by atoms with Gasteiger partial charge in [-0.25, -0.2) is 0 Å². The second-order valence-electron chi connectivity index (χ2n) is 4.18. The Morgan fingerprint density at radius 1 is 1.38 bits per heavy atom. The first-order chi connectivity index (χ1) is 6.29. The van der Waals surface area contributed by atoms with Crippen LogP contribution in [0.15, 0.2) is 0 Å². The average Bonchev–Trinajstić information content (AvgIpc) is 2.91. The molecule has 13 heavy (non-hydrogen) atoms. The molecule has 78 valence electrons. The second kappa shape index (κ2) is 4.45. The molecule has 0 aromatic rings. The molecule has 2 aliphatic rings. The fraction of sp³-hybridized carbons (Fsp3) is 1.00. The number of hydrogen-bond donors (Lipinski definition) is 0. The molecular formula is C10H19INO-. The standard InChI is InChI=1S/C10H19INO/c1-11-12(2)6-5-8-3-4-9-10(7-8)13-9/h8-10H,3-7H2,1-2H3/q-1. The van der Waals surface area contributed by atoms with Crippen LogP contribution in [0, 0.1) is 5.92 Å². The third-order valence-corrected chi connectivity index (χ3v) is 5.38. The maximum absolute atomic E-state index is 5.53. The van der Waals surface area contributed by atoms with Crippen LogP contribution in [0.2, 0.25) is 0 Å². The number of alkyl halides is 1. The van der Waals surface area contributed by atoms with Gasteiger partial charge in [-0.1, -0.05) is 0 Å². The van der Waals surface area contributed by atoms with Crippen LogP contribution in [0.1, 0.15) is 25.7 Å². The molecule has 1 heterocycles. The van der Waals surface area contributed by atoms with Gasteiger partial charge in [0.25, 0.3) is 0 Å². The summed E-state index contributed by atoms with van der Waals surface area (Å²) in [6.07, 6.45) is 6.84. The van der Waals surface area contributed by atoms with Crippen molar-refractivity contribution in [3.05, 3.63) is 0 Å². The van der Waals surface area contributed by atoms with Crippen LogP contribution in [0.4, 0.5) is 0 Å². The Morgan fingerprint density at radius 3 is 2.92 bits per heavy atom. The molecule has 1 aliphatic heterocycles. The number of epoxide rings is 1. The number of hydrogen-bond acceptors (Lipinski definition) is 2. The van der Waals surface area contributed by atoms with Crippen molar-refractivity contribution in [3.8, 4) is 0 Å². The monoisotopic (exact) mass is 296 g/mol. The van der Waals surface area contributed by atoms with Crippen molar-refractivity contribution in [3.63, 3.8) is 0 Å². The third-order valence-electron chi connectivity index (χ3n) is 3.25. The molecule has 3 unspecified atom stereocenters. The fourth-order valence-corrected chi connectivity index (χ4v) is 2.95. The van der Waals surface area contributed by atoms with Crippen LogP contribution >= 0.6 is 0 Å². The van der Waals surface area contributed by atoms with Gasteiger partial charge < -0.3 is 0 Å². The Morgan fingerprint density at radius 2 is 2.23 bits per heavy atom. The molecule has 2 nitrogen and oxygen atoms in total. The van der Waals surface area contributed by atoms with Crippen LogP contribution in [0.3, 0.4) is 0 Å². The second-order valence-corrected chi connectivity index (χ2v) is 6.79. The average molecular weight is 296 g/mol. The Hall–Kier alpha value is 0.650. The quantitative estimate of drug-likeness (QED) is 0.272. The van der Waals surface area contributed by atoms with E-state index in [9.17, 15) is 0 Å². The summed E-state index contributed by atoms with van der Waals surface area (Å²) in [6, 6.07) is 0. The summed E-state index contributed by atoms with van der Waals surface area (Å²) in [5.74, 6) is 0.960. The SMILES string of the molecule is C[I-]N(C)CCC1CCC2OC2C1. The summed E-state index contributed by atoms with van der Waals surface area (Å²) in [5.41, 5.74) is 0. The van der Waals surface area contributed by atoms with Gasteiger partial charge in [-0.3, -0.25) is 0 Å². The van der Waals surface area contributed by atoms with E-state index in [0.717, 1.165) is 5.92 Å². The van der Waals surface area contributed by atoms with Crippen LogP contribution in [0.25, 0.3) is 0 Å². The summed E-state index contributed by atoms with van der Waals surface area (Å²) in [4.78, 5) is 2.33. The van der Waals surface area contributed by atoms with Crippen molar-refractivity contribution in [2.45, 2.75) is 37.9 Å². The van der Waals surface area contributed by atoms with E-state index in [1.165, 1.54) is 32.2 Å². The summed E-state index contributed by atoms with van der Waals surface area (Å²) in [6.45, 7) is 1.31. The number of fused-ring (bicyclic) bond motifs is 1. The van der Waals surface area contributed by atoms with Crippen molar-refractivity contribution in [1.29, 1.82) is 0 Å². The molecule has 1 aliphatic carbocycles. The van der Waals surface area contributed by atoms with Gasteiger partial charge in [0.05, 0.1) is 0 Å². The zero-order chi connectivity index (χ0) is 9.26. The third kappa shape index (κ3) is 2.80. The van der Waals surface area contributed by atoms with Gasteiger partial charge in [-0.2, -0.15) is 0 Å². The predicted molar refractivity (Wildman–Crippen MR) is 49.2 cm³/mol. The summed E-state index contributed by atoms with van der Waals surface area (Å²) >= 11 is 0.317. The van der Waals surface area contributed by atoms with E-state index in [1.54, 1.807) is 0 Å². The fourth-order valence-electron chi connectivity index (χ4n) is 2.19. The molecule has 0 bridgehead atoms. The minimum atomic E-state index is 0.317. The molecule has 1 saturated carbocycles. The number of rotatable bonds is 4. The Balaban J connectivity index is 1.64. The summed E-state index contributed by atoms with van der Waals surface area (Å²) < 4.78 is 8.05. The molecule has 1 saturated heterocycles. The van der Waals surface area contributed by atoms with E-state index in [1.807, 2.05) is 0 Å². The van der Waals surface area contributed by atoms with Gasteiger partial charge in [0.2, 0.25) is 0 Å². The molecule has 3 heteroatoms. The number of nitrogens with zero attached hydrogens (tertiary/aromatic N) is 1. The van der Waals surface area contributed by atoms with E-state index in [-0.39, 0.29) is 0 Å². The Bertz CT molecular complexity index is 176. The first kappa shape index (κ1) is 10.2. The van der Waals surface area contributed by atoms with Gasteiger partial charge >= 0.3 is 91.7 Å². The van der Waals surface area contributed by atoms with E-state index < -0.39 is 0 Å². The van der Waals surface area contributed by atoms with Crippen molar-refractivity contribution < 1.29 is 26.2 Å². The molecule has 2 rings (SSSR count). The van der Waals surface area contributed by atoms with Crippen LogP contribution < -0.4 is 21.5 Å². The van der Waals surface area contributed by atoms with E-state index >= 15 is 0 Å². The van der Waals surface area contributed by atoms with E-state index in [4.69, 9.17) is 4.74 Å². The Kier molecular flexibility index (Phi) is 3.48. The van der Waals surface area contributed by atoms with Crippen molar-refractivity contribution in [2.24, 2.45) is 5.92 Å². The minimum absolute atomic E-state index is 0.317. The van der Waals surface area contributed by atoms with Crippen LogP contribution in [-0.2, 0) is 4.74 Å². The molecule has 2 fully saturated rings. The molecule has 0 spiro atoms. The van der Waals surface area contributed by atoms with E-state index in [0.29, 0.717) is 33.7 Å². The van der Waals surface area contributed by atoms with Gasteiger partial charge in [-0.15, -0.1) is 0 Å². The maximum atomic E-state index is 5.53. The van der Waals surface area contributed by atoms with E-state index in [2.05, 4.69) is 15.1 Å². The molecule has 0 aromatic heterocycles. The molecule has 0 N–H and O–H groups in total. The zero-order valence-electron chi connectivity index (χ0n) is 8.50. The molecule has 3 atom stereocenters. The van der Waals surface area contributed by atoms with Crippen LogP contribution in [-0.4, -0.2) is 33.8 Å². The molecule has 0 radical (unpaired) electrons. The number of halogens is 1. The summed E-state index contributed by atoms with van der Waals surface area (Å²) in [5, 5.41) is 0. The van der Waals surface area contributed by atoms with Crippen molar-refractivity contribution in [1.82, 2.24) is 3.11 Å². The van der Waals surface area contributed by atoms with Crippen LogP contribution in [0.5, 0.6) is 0 Å². The molecule has 0 aromatic carbocycles. The van der Waals surface area contributed by atoms with Gasteiger partial charge in [-0.05, 0) is 0 Å². The predicted octanol–water partition coefficient (Wildman–Crippen LogP) is -1.49. The molecular weight excluding hydrogens is 277 g/mol. The first-order valence-electron chi connectivity index (χ1n) is 5.16. The first-order valence-corrected chi connectivity index (χ1v) is 8.28. The topological polar surface area (TPSA) is 15.8 Å². The van der Waals surface area contributed by atoms with Gasteiger partial charge in [0.15, 0.2) is 0 Å². The summed E-state index contributed by atoms with van der Waals surface area (Å²) in [7, 11) is 2.26. The van der Waals surface area contributed by atoms with Crippen molar-refractivity contribution >= 4 is 0 Å². The van der Waals surface area contributed by atoms with Gasteiger partial charge in [0, 0.05) is 0 Å². The zero-order valence-corrected chi connectivity index (χ0v) is 10.7. The normalized spacial score (nSPS) is 37.9. The Labute approximate surface area is 91.6 Å². The molecule has 0 amide bonds. The van der Waals surface area contributed by atoms with Gasteiger partial charge in [0.1, 0.15) is 0 Å². The van der Waals surface area contributed by atoms with Crippen molar-refractivity contribution in [2.75, 3.05) is 18.5 Å².